The van der Waals surface area contributed by atoms with Crippen LogP contribution in [0.3, 0.4) is 0 Å². The van der Waals surface area contributed by atoms with Crippen LogP contribution in [0, 0.1) is 0 Å². The maximum Gasteiger partial charge on any atom is 0.193 e. The second-order valence-electron chi connectivity index (χ2n) is 3.06. The van der Waals surface area contributed by atoms with Gasteiger partial charge < -0.3 is 5.21 Å². The van der Waals surface area contributed by atoms with Gasteiger partial charge in [-0.2, -0.15) is 0 Å². The monoisotopic (exact) mass is 215 g/mol. The van der Waals surface area contributed by atoms with Gasteiger partial charge in [-0.25, -0.2) is 5.90 Å². The molecule has 0 unspecified atom stereocenters. The van der Waals surface area contributed by atoms with Crippen molar-refractivity contribution in [3.63, 3.8) is 0 Å². The van der Waals surface area contributed by atoms with E-state index in [1.807, 2.05) is 60.7 Å². The highest BCUT2D eigenvalue weighted by atomic mass is 16.4. The number of rotatable bonds is 2. The Morgan fingerprint density at radius 3 is 1.38 bits per heavy atom. The summed E-state index contributed by atoms with van der Waals surface area (Å²) in [6.07, 6.45) is 0. The molecule has 0 saturated carbocycles. The fourth-order valence-electron chi connectivity index (χ4n) is 1.35. The molecule has 0 bridgehead atoms. The topological polar surface area (TPSA) is 63.3 Å². The molecule has 0 aliphatic rings. The molecule has 0 radical (unpaired) electrons. The summed E-state index contributed by atoms with van der Waals surface area (Å²) in [6.45, 7) is 0. The van der Waals surface area contributed by atoms with E-state index in [-0.39, 0.29) is 5.78 Å². The van der Waals surface area contributed by atoms with Crippen LogP contribution >= 0.6 is 0 Å². The van der Waals surface area contributed by atoms with Crippen molar-refractivity contribution < 1.29 is 10.0 Å². The van der Waals surface area contributed by atoms with Crippen molar-refractivity contribution in [2.75, 3.05) is 0 Å². The fourth-order valence-corrected chi connectivity index (χ4v) is 1.35. The molecule has 0 aliphatic heterocycles. The summed E-state index contributed by atoms with van der Waals surface area (Å²) in [5.41, 5.74) is 1.47. The van der Waals surface area contributed by atoms with Gasteiger partial charge in [0, 0.05) is 11.1 Å². The van der Waals surface area contributed by atoms with E-state index in [0.717, 1.165) is 11.1 Å². The van der Waals surface area contributed by atoms with Crippen molar-refractivity contribution in [1.82, 2.24) is 0 Å². The summed E-state index contributed by atoms with van der Waals surface area (Å²) in [5.74, 6) is 3.58. The van der Waals surface area contributed by atoms with Crippen LogP contribution in [0.25, 0.3) is 0 Å². The quantitative estimate of drug-likeness (QED) is 0.596. The summed E-state index contributed by atoms with van der Waals surface area (Å²) in [6, 6.07) is 18.6. The van der Waals surface area contributed by atoms with E-state index < -0.39 is 0 Å². The second-order valence-corrected chi connectivity index (χ2v) is 3.06. The highest BCUT2D eigenvalue weighted by Crippen LogP contribution is 2.08. The molecule has 2 aromatic carbocycles. The van der Waals surface area contributed by atoms with E-state index in [1.165, 1.54) is 0 Å². The van der Waals surface area contributed by atoms with Crippen LogP contribution in [0.5, 0.6) is 0 Å². The molecule has 3 nitrogen and oxygen atoms in total. The first-order chi connectivity index (χ1) is 7.88. The number of carbonyl (C=O) groups excluding carboxylic acids is 1. The van der Waals surface area contributed by atoms with Crippen LogP contribution in [-0.4, -0.2) is 11.0 Å². The van der Waals surface area contributed by atoms with Crippen molar-refractivity contribution in [3.8, 4) is 0 Å². The molecular formula is C13H13NO2. The zero-order valence-electron chi connectivity index (χ0n) is 8.71. The lowest BCUT2D eigenvalue weighted by atomic mass is 10.0. The molecule has 16 heavy (non-hydrogen) atoms. The zero-order chi connectivity index (χ0) is 11.8. The van der Waals surface area contributed by atoms with Crippen LogP contribution < -0.4 is 5.90 Å². The third-order valence-corrected chi connectivity index (χ3v) is 2.07. The Balaban J connectivity index is 0.000000606. The molecular weight excluding hydrogens is 202 g/mol. The molecule has 3 heteroatoms. The minimum Gasteiger partial charge on any atom is -0.320 e. The number of ketones is 1. The number of carbonyl (C=O) groups is 1. The summed E-state index contributed by atoms with van der Waals surface area (Å²) < 4.78 is 0. The molecule has 0 atom stereocenters. The molecule has 82 valence electrons. The molecule has 0 amide bonds. The van der Waals surface area contributed by atoms with Gasteiger partial charge in [0.25, 0.3) is 0 Å². The van der Waals surface area contributed by atoms with Crippen LogP contribution in [0.15, 0.2) is 60.7 Å². The molecule has 3 N–H and O–H groups in total. The van der Waals surface area contributed by atoms with Crippen molar-refractivity contribution in [2.45, 2.75) is 0 Å². The Hall–Kier alpha value is -1.97. The third-order valence-electron chi connectivity index (χ3n) is 2.07. The van der Waals surface area contributed by atoms with E-state index in [2.05, 4.69) is 5.90 Å². The summed E-state index contributed by atoms with van der Waals surface area (Å²) in [5, 5.41) is 6.50. The lowest BCUT2D eigenvalue weighted by molar-refractivity contribution is 0.103. The summed E-state index contributed by atoms with van der Waals surface area (Å²) in [4.78, 5) is 11.8. The molecule has 0 aliphatic carbocycles. The van der Waals surface area contributed by atoms with E-state index >= 15 is 0 Å². The Kier molecular flexibility index (Phi) is 4.92. The van der Waals surface area contributed by atoms with Crippen molar-refractivity contribution in [3.05, 3.63) is 71.8 Å². The fraction of sp³-hybridized carbons (Fsp3) is 0. The molecule has 0 saturated heterocycles. The Labute approximate surface area is 94.1 Å². The standard InChI is InChI=1S/C13H10O.H3NO/c14-13(11-7-3-1-4-8-11)12-9-5-2-6-10-12;1-2/h1-10H;2H,1H2. The molecule has 2 aromatic rings. The van der Waals surface area contributed by atoms with Gasteiger partial charge >= 0.3 is 0 Å². The first-order valence-electron chi connectivity index (χ1n) is 4.78. The average molecular weight is 215 g/mol. The van der Waals surface area contributed by atoms with Gasteiger partial charge in [-0.05, 0) is 0 Å². The first kappa shape index (κ1) is 12.1. The zero-order valence-corrected chi connectivity index (χ0v) is 8.71. The maximum absolute atomic E-state index is 11.8. The molecule has 0 heterocycles. The number of nitrogens with two attached hydrogens (primary N) is 1. The SMILES string of the molecule is NO.O=C(c1ccccc1)c1ccccc1. The number of hydrogen-bond acceptors (Lipinski definition) is 3. The van der Waals surface area contributed by atoms with E-state index in [0.29, 0.717) is 0 Å². The normalized spacial score (nSPS) is 8.88. The maximum atomic E-state index is 11.8. The molecule has 0 fully saturated rings. The minimum absolute atomic E-state index is 0.0752. The lowest BCUT2D eigenvalue weighted by Gasteiger charge is -1.99. The number of benzene rings is 2. The highest BCUT2D eigenvalue weighted by molar-refractivity contribution is 6.08. The summed E-state index contributed by atoms with van der Waals surface area (Å²) >= 11 is 0. The first-order valence-corrected chi connectivity index (χ1v) is 4.78. The summed E-state index contributed by atoms with van der Waals surface area (Å²) in [7, 11) is 0. The van der Waals surface area contributed by atoms with Crippen LogP contribution in [0.2, 0.25) is 0 Å². The van der Waals surface area contributed by atoms with E-state index in [4.69, 9.17) is 5.21 Å². The second kappa shape index (κ2) is 6.50. The van der Waals surface area contributed by atoms with Crippen molar-refractivity contribution in [1.29, 1.82) is 0 Å². The third kappa shape index (κ3) is 3.02. The smallest absolute Gasteiger partial charge is 0.193 e. The van der Waals surface area contributed by atoms with Crippen molar-refractivity contribution in [2.24, 2.45) is 5.90 Å². The molecule has 2 rings (SSSR count). The largest absolute Gasteiger partial charge is 0.320 e. The lowest BCUT2D eigenvalue weighted by Crippen LogP contribution is -1.99. The van der Waals surface area contributed by atoms with Crippen LogP contribution in [0.1, 0.15) is 15.9 Å². The predicted molar refractivity (Wildman–Crippen MR) is 62.3 cm³/mol. The Bertz CT molecular complexity index is 385. The van der Waals surface area contributed by atoms with Crippen molar-refractivity contribution >= 4 is 5.78 Å². The van der Waals surface area contributed by atoms with Crippen LogP contribution in [-0.2, 0) is 0 Å². The van der Waals surface area contributed by atoms with Gasteiger partial charge in [0.05, 0.1) is 0 Å². The van der Waals surface area contributed by atoms with Gasteiger partial charge in [0.2, 0.25) is 0 Å². The van der Waals surface area contributed by atoms with Gasteiger partial charge in [0.15, 0.2) is 5.78 Å². The minimum atomic E-state index is 0.0752. The predicted octanol–water partition coefficient (Wildman–Crippen LogP) is 2.25. The van der Waals surface area contributed by atoms with E-state index in [9.17, 15) is 4.79 Å². The van der Waals surface area contributed by atoms with Crippen LogP contribution in [0.4, 0.5) is 0 Å². The van der Waals surface area contributed by atoms with Gasteiger partial charge in [-0.3, -0.25) is 4.79 Å². The van der Waals surface area contributed by atoms with Gasteiger partial charge in [-0.1, -0.05) is 60.7 Å². The van der Waals surface area contributed by atoms with Gasteiger partial charge in [0.1, 0.15) is 0 Å². The molecule has 0 spiro atoms. The Morgan fingerprint density at radius 1 is 0.750 bits per heavy atom. The van der Waals surface area contributed by atoms with E-state index in [1.54, 1.807) is 0 Å². The Morgan fingerprint density at radius 2 is 1.06 bits per heavy atom. The average Bonchev–Trinajstić information content (AvgIpc) is 2.42. The highest BCUT2D eigenvalue weighted by Gasteiger charge is 2.06. The van der Waals surface area contributed by atoms with Gasteiger partial charge in [-0.15, -0.1) is 0 Å². The molecule has 0 aromatic heterocycles. The number of hydrogen-bond donors (Lipinski definition) is 2.